The van der Waals surface area contributed by atoms with E-state index in [1.807, 2.05) is 29.8 Å². The fourth-order valence-corrected chi connectivity index (χ4v) is 3.34. The first-order valence-corrected chi connectivity index (χ1v) is 8.33. The molecule has 0 saturated heterocycles. The van der Waals surface area contributed by atoms with Crippen LogP contribution in [0.4, 0.5) is 0 Å². The number of rotatable bonds is 2. The van der Waals surface area contributed by atoms with Gasteiger partial charge in [0.1, 0.15) is 5.15 Å². The standard InChI is InChI=1S/C16H13ClN4S/c1-9(2)13-6-14-18-7-11-5-12(10-3-4-22-8-10)15(17)19-16(11)21(14)20-13/h3-9H,1-2H3. The lowest BCUT2D eigenvalue weighted by atomic mass is 10.1. The zero-order valence-electron chi connectivity index (χ0n) is 12.1. The van der Waals surface area contributed by atoms with Crippen molar-refractivity contribution in [1.82, 2.24) is 19.6 Å². The molecule has 6 heteroatoms. The van der Waals surface area contributed by atoms with Crippen molar-refractivity contribution in [3.8, 4) is 11.1 Å². The van der Waals surface area contributed by atoms with Gasteiger partial charge in [-0.2, -0.15) is 21.0 Å². The van der Waals surface area contributed by atoms with Crippen molar-refractivity contribution in [2.45, 2.75) is 19.8 Å². The van der Waals surface area contributed by atoms with E-state index in [0.717, 1.165) is 33.5 Å². The van der Waals surface area contributed by atoms with Crippen LogP contribution in [0.15, 0.2) is 35.2 Å². The van der Waals surface area contributed by atoms with Crippen molar-refractivity contribution in [3.63, 3.8) is 0 Å². The van der Waals surface area contributed by atoms with Gasteiger partial charge in [0.15, 0.2) is 11.3 Å². The first kappa shape index (κ1) is 13.7. The minimum Gasteiger partial charge on any atom is -0.236 e. The predicted octanol–water partition coefficient (Wildman–Crippen LogP) is 4.78. The average molecular weight is 329 g/mol. The Morgan fingerprint density at radius 3 is 2.86 bits per heavy atom. The summed E-state index contributed by atoms with van der Waals surface area (Å²) >= 11 is 8.03. The van der Waals surface area contributed by atoms with Crippen LogP contribution < -0.4 is 0 Å². The molecule has 0 atom stereocenters. The van der Waals surface area contributed by atoms with Crippen LogP contribution in [0.1, 0.15) is 25.5 Å². The van der Waals surface area contributed by atoms with Crippen LogP contribution in [0, 0.1) is 0 Å². The molecule has 0 aliphatic rings. The Balaban J connectivity index is 2.01. The molecule has 0 unspecified atom stereocenters. The number of halogens is 1. The fourth-order valence-electron chi connectivity index (χ4n) is 2.44. The van der Waals surface area contributed by atoms with Crippen molar-refractivity contribution in [2.24, 2.45) is 0 Å². The SMILES string of the molecule is CC(C)c1cc2ncc3cc(-c4ccsc4)c(Cl)nc3n2n1. The third-order valence-electron chi connectivity index (χ3n) is 3.65. The van der Waals surface area contributed by atoms with Gasteiger partial charge in [0, 0.05) is 23.2 Å². The zero-order valence-corrected chi connectivity index (χ0v) is 13.7. The maximum atomic E-state index is 6.40. The van der Waals surface area contributed by atoms with Gasteiger partial charge in [0.2, 0.25) is 0 Å². The van der Waals surface area contributed by atoms with E-state index >= 15 is 0 Å². The monoisotopic (exact) mass is 328 g/mol. The third kappa shape index (κ3) is 2.09. The average Bonchev–Trinajstić information content (AvgIpc) is 3.16. The molecule has 4 aromatic heterocycles. The second-order valence-electron chi connectivity index (χ2n) is 5.50. The first-order valence-electron chi connectivity index (χ1n) is 7.01. The largest absolute Gasteiger partial charge is 0.236 e. The fraction of sp³-hybridized carbons (Fsp3) is 0.188. The number of thiophene rings is 1. The van der Waals surface area contributed by atoms with Gasteiger partial charge in [0.25, 0.3) is 0 Å². The Kier molecular flexibility index (Phi) is 3.13. The molecule has 4 heterocycles. The van der Waals surface area contributed by atoms with Gasteiger partial charge in [-0.25, -0.2) is 9.97 Å². The maximum absolute atomic E-state index is 6.40. The number of hydrogen-bond acceptors (Lipinski definition) is 4. The van der Waals surface area contributed by atoms with Crippen LogP contribution in [0.3, 0.4) is 0 Å². The van der Waals surface area contributed by atoms with Gasteiger partial charge in [-0.15, -0.1) is 0 Å². The third-order valence-corrected chi connectivity index (χ3v) is 4.63. The highest BCUT2D eigenvalue weighted by Gasteiger charge is 2.13. The van der Waals surface area contributed by atoms with E-state index < -0.39 is 0 Å². The first-order chi connectivity index (χ1) is 10.6. The molecule has 4 aromatic rings. The second-order valence-corrected chi connectivity index (χ2v) is 6.64. The number of fused-ring (bicyclic) bond motifs is 3. The van der Waals surface area contributed by atoms with Gasteiger partial charge >= 0.3 is 0 Å². The zero-order chi connectivity index (χ0) is 15.3. The van der Waals surface area contributed by atoms with E-state index in [4.69, 9.17) is 11.6 Å². The van der Waals surface area contributed by atoms with E-state index in [1.165, 1.54) is 0 Å². The molecule has 0 bridgehead atoms. The van der Waals surface area contributed by atoms with Gasteiger partial charge in [-0.05, 0) is 34.4 Å². The van der Waals surface area contributed by atoms with Gasteiger partial charge < -0.3 is 0 Å². The van der Waals surface area contributed by atoms with E-state index in [9.17, 15) is 0 Å². The molecule has 110 valence electrons. The molecule has 4 nitrogen and oxygen atoms in total. The van der Waals surface area contributed by atoms with E-state index in [-0.39, 0.29) is 0 Å². The Morgan fingerprint density at radius 2 is 2.14 bits per heavy atom. The summed E-state index contributed by atoms with van der Waals surface area (Å²) in [6.07, 6.45) is 1.83. The molecule has 0 fully saturated rings. The summed E-state index contributed by atoms with van der Waals surface area (Å²) in [5.74, 6) is 0.345. The normalized spacial score (nSPS) is 11.8. The highest BCUT2D eigenvalue weighted by molar-refractivity contribution is 7.08. The molecule has 0 aromatic carbocycles. The summed E-state index contributed by atoms with van der Waals surface area (Å²) < 4.78 is 1.77. The molecular weight excluding hydrogens is 316 g/mol. The molecule has 0 spiro atoms. The van der Waals surface area contributed by atoms with E-state index in [2.05, 4.69) is 34.3 Å². The van der Waals surface area contributed by atoms with Crippen LogP contribution in [-0.2, 0) is 0 Å². The molecule has 0 aliphatic heterocycles. The topological polar surface area (TPSA) is 43.1 Å². The molecule has 22 heavy (non-hydrogen) atoms. The highest BCUT2D eigenvalue weighted by Crippen LogP contribution is 2.31. The van der Waals surface area contributed by atoms with Crippen molar-refractivity contribution < 1.29 is 0 Å². The van der Waals surface area contributed by atoms with Crippen LogP contribution in [0.2, 0.25) is 5.15 Å². The quantitative estimate of drug-likeness (QED) is 0.497. The molecule has 0 N–H and O–H groups in total. The number of pyridine rings is 1. The Hall–Kier alpha value is -1.98. The Labute approximate surface area is 136 Å². The number of aromatic nitrogens is 4. The van der Waals surface area contributed by atoms with Crippen molar-refractivity contribution in [1.29, 1.82) is 0 Å². The molecular formula is C16H13ClN4S. The van der Waals surface area contributed by atoms with Crippen molar-refractivity contribution in [3.05, 3.63) is 46.0 Å². The minimum absolute atomic E-state index is 0.345. The van der Waals surface area contributed by atoms with E-state index in [1.54, 1.807) is 15.9 Å². The lowest BCUT2D eigenvalue weighted by molar-refractivity contribution is 0.792. The summed E-state index contributed by atoms with van der Waals surface area (Å²) in [6.45, 7) is 4.22. The Bertz CT molecular complexity index is 973. The summed E-state index contributed by atoms with van der Waals surface area (Å²) in [7, 11) is 0. The minimum atomic E-state index is 0.345. The summed E-state index contributed by atoms with van der Waals surface area (Å²) in [5, 5.41) is 10.1. The van der Waals surface area contributed by atoms with E-state index in [0.29, 0.717) is 11.1 Å². The highest BCUT2D eigenvalue weighted by atomic mass is 35.5. The molecule has 0 aliphatic carbocycles. The molecule has 0 amide bonds. The van der Waals surface area contributed by atoms with Gasteiger partial charge in [-0.1, -0.05) is 25.4 Å². The lowest BCUT2D eigenvalue weighted by Gasteiger charge is -2.05. The maximum Gasteiger partial charge on any atom is 0.166 e. The van der Waals surface area contributed by atoms with Gasteiger partial charge in [-0.3, -0.25) is 0 Å². The second kappa shape index (κ2) is 5.04. The van der Waals surface area contributed by atoms with Crippen LogP contribution >= 0.6 is 22.9 Å². The number of nitrogens with zero attached hydrogens (tertiary/aromatic N) is 4. The Morgan fingerprint density at radius 1 is 1.27 bits per heavy atom. The lowest BCUT2D eigenvalue weighted by Crippen LogP contribution is -1.98. The van der Waals surface area contributed by atoms with Crippen LogP contribution in [-0.4, -0.2) is 19.6 Å². The number of hydrogen-bond donors (Lipinski definition) is 0. The summed E-state index contributed by atoms with van der Waals surface area (Å²) in [6, 6.07) is 6.05. The molecule has 4 rings (SSSR count). The molecule has 0 radical (unpaired) electrons. The smallest absolute Gasteiger partial charge is 0.166 e. The summed E-state index contributed by atoms with van der Waals surface area (Å²) in [4.78, 5) is 9.05. The predicted molar refractivity (Wildman–Crippen MR) is 90.7 cm³/mol. The molecule has 0 saturated carbocycles. The van der Waals surface area contributed by atoms with Crippen LogP contribution in [0.5, 0.6) is 0 Å². The summed E-state index contributed by atoms with van der Waals surface area (Å²) in [5.41, 5.74) is 4.53. The van der Waals surface area contributed by atoms with Crippen LogP contribution in [0.25, 0.3) is 27.8 Å². The van der Waals surface area contributed by atoms with Crippen molar-refractivity contribution >= 4 is 39.6 Å². The van der Waals surface area contributed by atoms with Crippen molar-refractivity contribution in [2.75, 3.05) is 0 Å². The van der Waals surface area contributed by atoms with Gasteiger partial charge in [0.05, 0.1) is 5.69 Å².